The Kier molecular flexibility index (Phi) is 8.02. The van der Waals surface area contributed by atoms with E-state index >= 15 is 0 Å². The van der Waals surface area contributed by atoms with E-state index in [2.05, 4.69) is 5.32 Å². The Morgan fingerprint density at radius 3 is 2.20 bits per heavy atom. The molecule has 5 nitrogen and oxygen atoms in total. The maximum absolute atomic E-state index is 11.9. The van der Waals surface area contributed by atoms with Crippen molar-refractivity contribution in [1.29, 1.82) is 0 Å². The molecule has 0 saturated carbocycles. The summed E-state index contributed by atoms with van der Waals surface area (Å²) in [6, 6.07) is 16.8. The number of amides is 1. The number of para-hydroxylation sites is 1. The molecule has 0 atom stereocenters. The summed E-state index contributed by atoms with van der Waals surface area (Å²) in [7, 11) is -1.22. The van der Waals surface area contributed by atoms with Gasteiger partial charge in [0.1, 0.15) is 11.5 Å². The lowest BCUT2D eigenvalue weighted by Crippen LogP contribution is -2.11. The Labute approximate surface area is 148 Å². The maximum atomic E-state index is 11.9. The molecule has 0 unspecified atom stereocenters. The molecule has 0 aliphatic rings. The van der Waals surface area contributed by atoms with Crippen LogP contribution >= 0.6 is 0 Å². The van der Waals surface area contributed by atoms with E-state index in [-0.39, 0.29) is 5.91 Å². The van der Waals surface area contributed by atoms with E-state index in [1.54, 1.807) is 0 Å². The maximum Gasteiger partial charge on any atom is 0.451 e. The molecule has 25 heavy (non-hydrogen) atoms. The first-order chi connectivity index (χ1) is 12.1. The summed E-state index contributed by atoms with van der Waals surface area (Å²) in [6.45, 7) is 0. The lowest BCUT2D eigenvalue weighted by atomic mass is 9.83. The molecule has 132 valence electrons. The standard InChI is InChI=1S/C19H24BNO4/c22-19(10-6-1-2-7-15-20(23)24)21-16-11-13-18(14-12-16)25-17-8-4-3-5-9-17/h3-5,8-9,11-14,23-24H,1-2,6-7,10,15H2,(H,21,22). The Morgan fingerprint density at radius 2 is 1.52 bits per heavy atom. The summed E-state index contributed by atoms with van der Waals surface area (Å²) in [5.41, 5.74) is 0.744. The van der Waals surface area contributed by atoms with Gasteiger partial charge >= 0.3 is 7.12 Å². The fourth-order valence-corrected chi connectivity index (χ4v) is 2.42. The van der Waals surface area contributed by atoms with Crippen LogP contribution in [0.3, 0.4) is 0 Å². The van der Waals surface area contributed by atoms with Crippen molar-refractivity contribution in [2.45, 2.75) is 38.4 Å². The average Bonchev–Trinajstić information content (AvgIpc) is 2.60. The van der Waals surface area contributed by atoms with Crippen molar-refractivity contribution in [2.24, 2.45) is 0 Å². The number of hydrogen-bond acceptors (Lipinski definition) is 4. The molecule has 0 aromatic heterocycles. The predicted octanol–water partition coefficient (Wildman–Crippen LogP) is 3.84. The molecule has 0 saturated heterocycles. The SMILES string of the molecule is O=C(CCCCCCB(O)O)Nc1ccc(Oc2ccccc2)cc1. The van der Waals surface area contributed by atoms with Crippen LogP contribution in [0.4, 0.5) is 5.69 Å². The Hall–Kier alpha value is -2.31. The number of unbranched alkanes of at least 4 members (excludes halogenated alkanes) is 3. The van der Waals surface area contributed by atoms with Crippen molar-refractivity contribution in [1.82, 2.24) is 0 Å². The van der Waals surface area contributed by atoms with E-state index in [1.807, 2.05) is 54.6 Å². The Morgan fingerprint density at radius 1 is 0.880 bits per heavy atom. The zero-order valence-corrected chi connectivity index (χ0v) is 14.2. The van der Waals surface area contributed by atoms with Gasteiger partial charge in [0.25, 0.3) is 0 Å². The van der Waals surface area contributed by atoms with Gasteiger partial charge in [-0.3, -0.25) is 4.79 Å². The normalized spacial score (nSPS) is 10.3. The number of nitrogens with one attached hydrogen (secondary N) is 1. The van der Waals surface area contributed by atoms with Crippen LogP contribution in [0, 0.1) is 0 Å². The molecule has 0 aliphatic heterocycles. The number of carbonyl (C=O) groups is 1. The topological polar surface area (TPSA) is 78.8 Å². The van der Waals surface area contributed by atoms with Crippen molar-refractivity contribution in [3.8, 4) is 11.5 Å². The number of carbonyl (C=O) groups excluding carboxylic acids is 1. The molecule has 0 aliphatic carbocycles. The highest BCUT2D eigenvalue weighted by atomic mass is 16.5. The largest absolute Gasteiger partial charge is 0.457 e. The van der Waals surface area contributed by atoms with Gasteiger partial charge in [0.05, 0.1) is 0 Å². The first-order valence-corrected chi connectivity index (χ1v) is 8.62. The second-order valence-electron chi connectivity index (χ2n) is 5.92. The van der Waals surface area contributed by atoms with E-state index < -0.39 is 7.12 Å². The number of hydrogen-bond donors (Lipinski definition) is 3. The zero-order valence-electron chi connectivity index (χ0n) is 14.2. The molecule has 6 heteroatoms. The molecule has 2 aromatic carbocycles. The van der Waals surface area contributed by atoms with Crippen LogP contribution in [0.2, 0.25) is 6.32 Å². The highest BCUT2D eigenvalue weighted by molar-refractivity contribution is 6.40. The van der Waals surface area contributed by atoms with Crippen molar-refractivity contribution in [3.05, 3.63) is 54.6 Å². The monoisotopic (exact) mass is 341 g/mol. The Balaban J connectivity index is 1.67. The highest BCUT2D eigenvalue weighted by Crippen LogP contribution is 2.22. The molecular formula is C19H24BNO4. The van der Waals surface area contributed by atoms with Crippen LogP contribution < -0.4 is 10.1 Å². The smallest absolute Gasteiger partial charge is 0.451 e. The van der Waals surface area contributed by atoms with E-state index in [1.165, 1.54) is 0 Å². The summed E-state index contributed by atoms with van der Waals surface area (Å²) in [6.07, 6.45) is 4.22. The molecule has 0 heterocycles. The van der Waals surface area contributed by atoms with Crippen molar-refractivity contribution in [2.75, 3.05) is 5.32 Å². The van der Waals surface area contributed by atoms with Crippen LogP contribution in [0.25, 0.3) is 0 Å². The number of rotatable bonds is 10. The summed E-state index contributed by atoms with van der Waals surface area (Å²) in [5.74, 6) is 1.47. The molecule has 0 bridgehead atoms. The summed E-state index contributed by atoms with van der Waals surface area (Å²) in [4.78, 5) is 11.9. The van der Waals surface area contributed by atoms with Gasteiger partial charge in [-0.15, -0.1) is 0 Å². The van der Waals surface area contributed by atoms with Gasteiger partial charge in [0.2, 0.25) is 5.91 Å². The van der Waals surface area contributed by atoms with Crippen LogP contribution in [0.5, 0.6) is 11.5 Å². The Bertz CT molecular complexity index is 632. The van der Waals surface area contributed by atoms with Crippen LogP contribution in [-0.2, 0) is 4.79 Å². The van der Waals surface area contributed by atoms with Gasteiger partial charge in [-0.1, -0.05) is 37.5 Å². The lowest BCUT2D eigenvalue weighted by Gasteiger charge is -2.08. The third kappa shape index (κ3) is 7.87. The molecule has 0 radical (unpaired) electrons. The fourth-order valence-electron chi connectivity index (χ4n) is 2.42. The summed E-state index contributed by atoms with van der Waals surface area (Å²) in [5, 5.41) is 20.4. The molecule has 2 aromatic rings. The predicted molar refractivity (Wildman–Crippen MR) is 99.7 cm³/mol. The number of ether oxygens (including phenoxy) is 1. The third-order valence-electron chi connectivity index (χ3n) is 3.73. The van der Waals surface area contributed by atoms with Crippen LogP contribution in [-0.4, -0.2) is 23.1 Å². The van der Waals surface area contributed by atoms with Crippen LogP contribution in [0.15, 0.2) is 54.6 Å². The summed E-state index contributed by atoms with van der Waals surface area (Å²) < 4.78 is 5.71. The van der Waals surface area contributed by atoms with Gasteiger partial charge < -0.3 is 20.1 Å². The highest BCUT2D eigenvalue weighted by Gasteiger charge is 2.06. The lowest BCUT2D eigenvalue weighted by molar-refractivity contribution is -0.116. The minimum atomic E-state index is -1.22. The molecule has 3 N–H and O–H groups in total. The first-order valence-electron chi connectivity index (χ1n) is 8.62. The number of benzene rings is 2. The van der Waals surface area contributed by atoms with Gasteiger partial charge in [0, 0.05) is 12.1 Å². The third-order valence-corrected chi connectivity index (χ3v) is 3.73. The van der Waals surface area contributed by atoms with E-state index in [0.29, 0.717) is 12.7 Å². The van der Waals surface area contributed by atoms with Gasteiger partial charge in [-0.25, -0.2) is 0 Å². The molecule has 1 amide bonds. The zero-order chi connectivity index (χ0) is 17.9. The van der Waals surface area contributed by atoms with Crippen molar-refractivity contribution < 1.29 is 19.6 Å². The molecule has 0 fully saturated rings. The minimum Gasteiger partial charge on any atom is -0.457 e. The van der Waals surface area contributed by atoms with E-state index in [0.717, 1.165) is 42.9 Å². The number of anilines is 1. The minimum absolute atomic E-state index is 0.0149. The second-order valence-corrected chi connectivity index (χ2v) is 5.92. The van der Waals surface area contributed by atoms with E-state index in [9.17, 15) is 4.79 Å². The van der Waals surface area contributed by atoms with E-state index in [4.69, 9.17) is 14.8 Å². The summed E-state index contributed by atoms with van der Waals surface area (Å²) >= 11 is 0. The van der Waals surface area contributed by atoms with Crippen molar-refractivity contribution in [3.63, 3.8) is 0 Å². The van der Waals surface area contributed by atoms with Gasteiger partial charge in [-0.05, 0) is 49.1 Å². The van der Waals surface area contributed by atoms with Gasteiger partial charge in [0.15, 0.2) is 0 Å². The first kappa shape index (κ1) is 19.0. The second kappa shape index (κ2) is 10.5. The fraction of sp³-hybridized carbons (Fsp3) is 0.316. The molecular weight excluding hydrogens is 317 g/mol. The van der Waals surface area contributed by atoms with Gasteiger partial charge in [-0.2, -0.15) is 0 Å². The quantitative estimate of drug-likeness (QED) is 0.453. The molecule has 2 rings (SSSR count). The van der Waals surface area contributed by atoms with Crippen LogP contribution in [0.1, 0.15) is 32.1 Å². The van der Waals surface area contributed by atoms with Crippen molar-refractivity contribution >= 4 is 18.7 Å². The average molecular weight is 341 g/mol. The molecule has 0 spiro atoms.